The lowest BCUT2D eigenvalue weighted by molar-refractivity contribution is 0.195. The van der Waals surface area contributed by atoms with Gasteiger partial charge < -0.3 is 4.90 Å². The molecular formula is C12H24ClNO2S. The average Bonchev–Trinajstić information content (AvgIpc) is 2.25. The van der Waals surface area contributed by atoms with Crippen molar-refractivity contribution in [3.8, 4) is 0 Å². The van der Waals surface area contributed by atoms with E-state index >= 15 is 0 Å². The number of likely N-dealkylation sites (tertiary alicyclic amines) is 1. The zero-order valence-corrected chi connectivity index (χ0v) is 12.6. The molecule has 0 aromatic heterocycles. The van der Waals surface area contributed by atoms with E-state index in [0.29, 0.717) is 18.3 Å². The molecule has 0 amide bonds. The molecule has 0 bridgehead atoms. The van der Waals surface area contributed by atoms with Gasteiger partial charge in [-0.2, -0.15) is 0 Å². The first-order valence-corrected chi connectivity index (χ1v) is 8.45. The van der Waals surface area contributed by atoms with Crippen molar-refractivity contribution in [3.05, 3.63) is 0 Å². The van der Waals surface area contributed by atoms with Gasteiger partial charge in [0.2, 0.25) is 0 Å². The van der Waals surface area contributed by atoms with Crippen molar-refractivity contribution in [3.63, 3.8) is 0 Å². The van der Waals surface area contributed by atoms with E-state index in [0.717, 1.165) is 19.5 Å². The summed E-state index contributed by atoms with van der Waals surface area (Å²) >= 11 is 5.86. The number of hydrogen-bond acceptors (Lipinski definition) is 3. The first kappa shape index (κ1) is 15.3. The van der Waals surface area contributed by atoms with Crippen molar-refractivity contribution >= 4 is 21.4 Å². The zero-order chi connectivity index (χ0) is 13.1. The van der Waals surface area contributed by atoms with Crippen LogP contribution in [0, 0.1) is 5.92 Å². The Labute approximate surface area is 110 Å². The van der Waals surface area contributed by atoms with E-state index in [4.69, 9.17) is 11.6 Å². The first-order chi connectivity index (χ1) is 7.76. The molecule has 1 fully saturated rings. The Morgan fingerprint density at radius 2 is 2.00 bits per heavy atom. The predicted molar refractivity (Wildman–Crippen MR) is 73.4 cm³/mol. The van der Waals surface area contributed by atoms with Crippen molar-refractivity contribution in [1.29, 1.82) is 0 Å². The van der Waals surface area contributed by atoms with Gasteiger partial charge in [-0.15, -0.1) is 11.6 Å². The highest BCUT2D eigenvalue weighted by Gasteiger charge is 2.29. The molecule has 1 atom stereocenters. The fraction of sp³-hybridized carbons (Fsp3) is 1.00. The van der Waals surface area contributed by atoms with E-state index < -0.39 is 14.6 Å². The Bertz CT molecular complexity index is 335. The number of halogens is 1. The molecule has 1 heterocycles. The quantitative estimate of drug-likeness (QED) is 0.741. The van der Waals surface area contributed by atoms with Crippen LogP contribution in [0.2, 0.25) is 0 Å². The van der Waals surface area contributed by atoms with Gasteiger partial charge in [-0.1, -0.05) is 0 Å². The Morgan fingerprint density at radius 1 is 1.35 bits per heavy atom. The second-order valence-corrected chi connectivity index (χ2v) is 9.07. The highest BCUT2D eigenvalue weighted by atomic mass is 35.5. The fourth-order valence-electron chi connectivity index (χ4n) is 2.04. The van der Waals surface area contributed by atoms with Crippen LogP contribution in [0.1, 0.15) is 33.6 Å². The second kappa shape index (κ2) is 5.89. The molecule has 102 valence electrons. The van der Waals surface area contributed by atoms with Crippen LogP contribution in [0.3, 0.4) is 0 Å². The lowest BCUT2D eigenvalue weighted by atomic mass is 10.0. The van der Waals surface area contributed by atoms with Gasteiger partial charge in [0, 0.05) is 19.0 Å². The van der Waals surface area contributed by atoms with E-state index in [1.165, 1.54) is 6.42 Å². The Kier molecular flexibility index (Phi) is 5.29. The van der Waals surface area contributed by atoms with Gasteiger partial charge in [-0.3, -0.25) is 0 Å². The lowest BCUT2D eigenvalue weighted by Crippen LogP contribution is -2.41. The van der Waals surface area contributed by atoms with Crippen LogP contribution in [-0.2, 0) is 9.84 Å². The van der Waals surface area contributed by atoms with E-state index in [9.17, 15) is 8.42 Å². The van der Waals surface area contributed by atoms with Crippen molar-refractivity contribution in [2.45, 2.75) is 38.4 Å². The van der Waals surface area contributed by atoms with Gasteiger partial charge in [-0.25, -0.2) is 8.42 Å². The maximum atomic E-state index is 12.0. The van der Waals surface area contributed by atoms with E-state index in [1.54, 1.807) is 20.8 Å². The summed E-state index contributed by atoms with van der Waals surface area (Å²) in [6.45, 7) is 7.89. The Balaban J connectivity index is 2.46. The van der Waals surface area contributed by atoms with Crippen molar-refractivity contribution in [2.24, 2.45) is 5.92 Å². The molecule has 17 heavy (non-hydrogen) atoms. The number of rotatable bonds is 4. The fourth-order valence-corrected chi connectivity index (χ4v) is 3.40. The third kappa shape index (κ3) is 4.42. The maximum absolute atomic E-state index is 12.0. The minimum Gasteiger partial charge on any atom is -0.302 e. The third-order valence-corrected chi connectivity index (χ3v) is 6.45. The molecule has 1 aliphatic heterocycles. The maximum Gasteiger partial charge on any atom is 0.156 e. The highest BCUT2D eigenvalue weighted by Crippen LogP contribution is 2.19. The van der Waals surface area contributed by atoms with Crippen LogP contribution >= 0.6 is 11.6 Å². The molecule has 0 aromatic carbocycles. The van der Waals surface area contributed by atoms with Crippen LogP contribution in [-0.4, -0.2) is 49.3 Å². The molecule has 0 aliphatic carbocycles. The molecule has 0 saturated carbocycles. The molecule has 1 unspecified atom stereocenters. The highest BCUT2D eigenvalue weighted by molar-refractivity contribution is 7.92. The van der Waals surface area contributed by atoms with Crippen LogP contribution in [0.4, 0.5) is 0 Å². The first-order valence-electron chi connectivity index (χ1n) is 6.27. The second-order valence-electron chi connectivity index (χ2n) is 5.89. The van der Waals surface area contributed by atoms with Gasteiger partial charge in [0.15, 0.2) is 9.84 Å². The summed E-state index contributed by atoms with van der Waals surface area (Å²) in [7, 11) is -3.00. The summed E-state index contributed by atoms with van der Waals surface area (Å²) in [4.78, 5) is 2.24. The summed E-state index contributed by atoms with van der Waals surface area (Å²) in [6.07, 6.45) is 2.30. The van der Waals surface area contributed by atoms with Crippen LogP contribution in [0.5, 0.6) is 0 Å². The third-order valence-electron chi connectivity index (χ3n) is 3.43. The molecule has 1 aliphatic rings. The van der Waals surface area contributed by atoms with Gasteiger partial charge in [0.05, 0.1) is 10.5 Å². The number of nitrogens with zero attached hydrogens (tertiary/aromatic N) is 1. The van der Waals surface area contributed by atoms with Crippen molar-refractivity contribution in [2.75, 3.05) is 31.3 Å². The summed E-state index contributed by atoms with van der Waals surface area (Å²) in [5.74, 6) is 1.47. The Hall–Kier alpha value is 0.200. The SMILES string of the molecule is CC(C)(C)S(=O)(=O)CCN1CCCC(CCl)C1. The molecule has 0 N–H and O–H groups in total. The molecule has 0 aromatic rings. The normalized spacial score (nSPS) is 23.9. The number of alkyl halides is 1. The minimum absolute atomic E-state index is 0.255. The van der Waals surface area contributed by atoms with Crippen LogP contribution < -0.4 is 0 Å². The number of hydrogen-bond donors (Lipinski definition) is 0. The zero-order valence-electron chi connectivity index (χ0n) is 11.1. The monoisotopic (exact) mass is 281 g/mol. The van der Waals surface area contributed by atoms with Gasteiger partial charge in [-0.05, 0) is 46.1 Å². The predicted octanol–water partition coefficient (Wildman–Crippen LogP) is 2.15. The van der Waals surface area contributed by atoms with E-state index in [2.05, 4.69) is 4.90 Å². The van der Waals surface area contributed by atoms with Gasteiger partial charge in [0.25, 0.3) is 0 Å². The number of piperidine rings is 1. The molecule has 0 spiro atoms. The topological polar surface area (TPSA) is 37.4 Å². The molecule has 0 radical (unpaired) electrons. The average molecular weight is 282 g/mol. The standard InChI is InChI=1S/C12H24ClNO2S/c1-12(2,3)17(15,16)8-7-14-6-4-5-11(9-13)10-14/h11H,4-10H2,1-3H3. The summed E-state index contributed by atoms with van der Waals surface area (Å²) in [5, 5.41) is 0. The van der Waals surface area contributed by atoms with E-state index in [1.807, 2.05) is 0 Å². The smallest absolute Gasteiger partial charge is 0.156 e. The molecular weight excluding hydrogens is 258 g/mol. The van der Waals surface area contributed by atoms with E-state index in [-0.39, 0.29) is 5.75 Å². The lowest BCUT2D eigenvalue weighted by Gasteiger charge is -2.32. The van der Waals surface area contributed by atoms with Crippen LogP contribution in [0.15, 0.2) is 0 Å². The molecule has 3 nitrogen and oxygen atoms in total. The Morgan fingerprint density at radius 3 is 2.53 bits per heavy atom. The summed E-state index contributed by atoms with van der Waals surface area (Å²) in [5.41, 5.74) is 0. The van der Waals surface area contributed by atoms with Crippen LogP contribution in [0.25, 0.3) is 0 Å². The van der Waals surface area contributed by atoms with Crippen molar-refractivity contribution in [1.82, 2.24) is 4.90 Å². The molecule has 1 rings (SSSR count). The molecule has 1 saturated heterocycles. The summed E-state index contributed by atoms with van der Waals surface area (Å²) in [6, 6.07) is 0. The largest absolute Gasteiger partial charge is 0.302 e. The van der Waals surface area contributed by atoms with Gasteiger partial charge in [0.1, 0.15) is 0 Å². The minimum atomic E-state index is -3.00. The van der Waals surface area contributed by atoms with Crippen molar-refractivity contribution < 1.29 is 8.42 Å². The summed E-state index contributed by atoms with van der Waals surface area (Å²) < 4.78 is 23.3. The molecule has 5 heteroatoms. The van der Waals surface area contributed by atoms with Gasteiger partial charge >= 0.3 is 0 Å². The number of sulfone groups is 1.